The molecular formula is C26H33NO6. The van der Waals surface area contributed by atoms with E-state index in [1.54, 1.807) is 0 Å². The maximum Gasteiger partial charge on any atom is 0.407 e. The van der Waals surface area contributed by atoms with Crippen LogP contribution in [0.5, 0.6) is 5.75 Å². The number of carbonyl (C=O) groups is 3. The van der Waals surface area contributed by atoms with Crippen LogP contribution in [-0.2, 0) is 19.1 Å². The van der Waals surface area contributed by atoms with Crippen LogP contribution in [0.25, 0.3) is 10.8 Å². The fraction of sp³-hybridized carbons (Fsp3) is 0.423. The molecule has 0 aliphatic heterocycles. The van der Waals surface area contributed by atoms with Gasteiger partial charge in [0.15, 0.2) is 0 Å². The molecule has 33 heavy (non-hydrogen) atoms. The Hall–Kier alpha value is -3.35. The fourth-order valence-electron chi connectivity index (χ4n) is 3.18. The Balaban J connectivity index is 1.41. The number of esters is 2. The average Bonchev–Trinajstić information content (AvgIpc) is 2.82. The number of amides is 1. The molecule has 1 amide bonds. The van der Waals surface area contributed by atoms with Crippen molar-refractivity contribution in [3.8, 4) is 5.75 Å². The molecule has 0 atom stereocenters. The Labute approximate surface area is 195 Å². The second-order valence-electron chi connectivity index (χ2n) is 7.64. The first kappa shape index (κ1) is 25.9. The summed E-state index contributed by atoms with van der Waals surface area (Å²) in [6, 6.07) is 13.6. The van der Waals surface area contributed by atoms with Gasteiger partial charge in [0.1, 0.15) is 5.75 Å². The van der Waals surface area contributed by atoms with Crippen LogP contribution in [0.3, 0.4) is 0 Å². The van der Waals surface area contributed by atoms with Crippen LogP contribution in [-0.4, -0.2) is 37.8 Å². The van der Waals surface area contributed by atoms with E-state index >= 15 is 0 Å². The summed E-state index contributed by atoms with van der Waals surface area (Å²) in [4.78, 5) is 34.5. The Morgan fingerprint density at radius 3 is 2.30 bits per heavy atom. The Bertz CT molecular complexity index is 911. The first-order valence-corrected chi connectivity index (χ1v) is 11.5. The summed E-state index contributed by atoms with van der Waals surface area (Å²) >= 11 is 0. The van der Waals surface area contributed by atoms with E-state index in [0.717, 1.165) is 49.0 Å². The number of unbranched alkanes of at least 4 members (excludes halogenated alkanes) is 5. The minimum absolute atomic E-state index is 0.214. The number of rotatable bonds is 15. The highest BCUT2D eigenvalue weighted by Crippen LogP contribution is 2.21. The summed E-state index contributed by atoms with van der Waals surface area (Å²) in [5.74, 6) is -0.0871. The SMILES string of the molecule is C=CC(=O)OCCCCOC(=O)NCCCCCCCC(=O)Oc1ccc2ccccc2c1. The van der Waals surface area contributed by atoms with Gasteiger partial charge in [-0.05, 0) is 48.6 Å². The highest BCUT2D eigenvalue weighted by Gasteiger charge is 2.06. The molecule has 7 heteroatoms. The molecule has 2 aromatic carbocycles. The number of carbonyl (C=O) groups excluding carboxylic acids is 3. The van der Waals surface area contributed by atoms with E-state index in [-0.39, 0.29) is 19.2 Å². The Morgan fingerprint density at radius 1 is 0.818 bits per heavy atom. The van der Waals surface area contributed by atoms with Crippen LogP contribution in [0.4, 0.5) is 4.79 Å². The molecule has 0 aliphatic carbocycles. The molecule has 2 aromatic rings. The zero-order valence-electron chi connectivity index (χ0n) is 19.1. The lowest BCUT2D eigenvalue weighted by Gasteiger charge is -2.07. The lowest BCUT2D eigenvalue weighted by Crippen LogP contribution is -2.25. The molecule has 0 unspecified atom stereocenters. The maximum absolute atomic E-state index is 12.0. The van der Waals surface area contributed by atoms with Crippen LogP contribution in [0.2, 0.25) is 0 Å². The van der Waals surface area contributed by atoms with Crippen molar-refractivity contribution < 1.29 is 28.6 Å². The fourth-order valence-corrected chi connectivity index (χ4v) is 3.18. The van der Waals surface area contributed by atoms with Gasteiger partial charge in [0, 0.05) is 19.0 Å². The van der Waals surface area contributed by atoms with E-state index in [1.807, 2.05) is 42.5 Å². The molecule has 1 N–H and O–H groups in total. The van der Waals surface area contributed by atoms with E-state index in [4.69, 9.17) is 14.2 Å². The maximum atomic E-state index is 12.0. The second-order valence-corrected chi connectivity index (χ2v) is 7.64. The number of benzene rings is 2. The van der Waals surface area contributed by atoms with Crippen LogP contribution < -0.4 is 10.1 Å². The molecule has 0 fully saturated rings. The minimum atomic E-state index is -0.449. The molecule has 7 nitrogen and oxygen atoms in total. The van der Waals surface area contributed by atoms with Gasteiger partial charge >= 0.3 is 18.0 Å². The predicted molar refractivity (Wildman–Crippen MR) is 127 cm³/mol. The lowest BCUT2D eigenvalue weighted by atomic mass is 10.1. The third kappa shape index (κ3) is 11.2. The van der Waals surface area contributed by atoms with E-state index < -0.39 is 12.1 Å². The number of hydrogen-bond acceptors (Lipinski definition) is 6. The molecule has 0 saturated heterocycles. The number of nitrogens with one attached hydrogen (secondary N) is 1. The number of alkyl carbamates (subject to hydrolysis) is 1. The van der Waals surface area contributed by atoms with Gasteiger partial charge in [-0.3, -0.25) is 4.79 Å². The van der Waals surface area contributed by atoms with E-state index in [0.29, 0.717) is 31.6 Å². The van der Waals surface area contributed by atoms with Gasteiger partial charge in [-0.25, -0.2) is 9.59 Å². The van der Waals surface area contributed by atoms with Crippen molar-refractivity contribution in [1.29, 1.82) is 0 Å². The number of fused-ring (bicyclic) bond motifs is 1. The van der Waals surface area contributed by atoms with E-state index in [9.17, 15) is 14.4 Å². The van der Waals surface area contributed by atoms with Gasteiger partial charge in [0.25, 0.3) is 0 Å². The van der Waals surface area contributed by atoms with Crippen molar-refractivity contribution in [2.75, 3.05) is 19.8 Å². The van der Waals surface area contributed by atoms with Crippen molar-refractivity contribution in [2.24, 2.45) is 0 Å². The molecule has 0 aliphatic rings. The average molecular weight is 456 g/mol. The van der Waals surface area contributed by atoms with Crippen molar-refractivity contribution in [3.63, 3.8) is 0 Å². The molecular weight excluding hydrogens is 422 g/mol. The quantitative estimate of drug-likeness (QED) is 0.169. The third-order valence-corrected chi connectivity index (χ3v) is 4.96. The predicted octanol–water partition coefficient (Wildman–Crippen LogP) is 5.32. The van der Waals surface area contributed by atoms with Crippen molar-refractivity contribution in [3.05, 3.63) is 55.1 Å². The van der Waals surface area contributed by atoms with Crippen molar-refractivity contribution in [2.45, 2.75) is 51.4 Å². The molecule has 2 rings (SSSR count). The summed E-state index contributed by atoms with van der Waals surface area (Å²) in [7, 11) is 0. The lowest BCUT2D eigenvalue weighted by molar-refractivity contribution is -0.138. The summed E-state index contributed by atoms with van der Waals surface area (Å²) in [6.07, 6.45) is 6.86. The largest absolute Gasteiger partial charge is 0.463 e. The van der Waals surface area contributed by atoms with E-state index in [2.05, 4.69) is 11.9 Å². The highest BCUT2D eigenvalue weighted by atomic mass is 16.6. The minimum Gasteiger partial charge on any atom is -0.463 e. The van der Waals surface area contributed by atoms with Crippen LogP contribution in [0.15, 0.2) is 55.1 Å². The number of hydrogen-bond donors (Lipinski definition) is 1. The van der Waals surface area contributed by atoms with Gasteiger partial charge in [0.05, 0.1) is 13.2 Å². The van der Waals surface area contributed by atoms with Crippen LogP contribution >= 0.6 is 0 Å². The first-order valence-electron chi connectivity index (χ1n) is 11.5. The standard InChI is InChI=1S/C26H33NO6/c1-2-24(28)31-18-10-11-19-32-26(30)27-17-9-5-3-4-6-14-25(29)33-23-16-15-21-12-7-8-13-22(21)20-23/h2,7-8,12-13,15-16,20H,1,3-6,9-11,14,17-19H2,(H,27,30). The second kappa shape index (κ2) is 15.5. The molecule has 178 valence electrons. The van der Waals surface area contributed by atoms with Crippen molar-refractivity contribution >= 4 is 28.8 Å². The Morgan fingerprint density at radius 2 is 1.52 bits per heavy atom. The molecule has 0 aromatic heterocycles. The van der Waals surface area contributed by atoms with Gasteiger partial charge < -0.3 is 19.5 Å². The molecule has 0 spiro atoms. The zero-order valence-corrected chi connectivity index (χ0v) is 19.1. The Kier molecular flexibility index (Phi) is 12.1. The van der Waals surface area contributed by atoms with Gasteiger partial charge in [-0.15, -0.1) is 0 Å². The van der Waals surface area contributed by atoms with Crippen LogP contribution in [0, 0.1) is 0 Å². The van der Waals surface area contributed by atoms with E-state index in [1.165, 1.54) is 0 Å². The summed E-state index contributed by atoms with van der Waals surface area (Å²) < 4.78 is 15.3. The summed E-state index contributed by atoms with van der Waals surface area (Å²) in [5.41, 5.74) is 0. The smallest absolute Gasteiger partial charge is 0.407 e. The number of ether oxygens (including phenoxy) is 3. The third-order valence-electron chi connectivity index (χ3n) is 4.96. The molecule has 0 heterocycles. The first-order chi connectivity index (χ1) is 16.1. The van der Waals surface area contributed by atoms with Gasteiger partial charge in [0.2, 0.25) is 0 Å². The summed E-state index contributed by atoms with van der Waals surface area (Å²) in [5, 5.41) is 4.88. The highest BCUT2D eigenvalue weighted by molar-refractivity contribution is 5.84. The molecule has 0 radical (unpaired) electrons. The summed E-state index contributed by atoms with van der Waals surface area (Å²) in [6.45, 7) is 4.44. The van der Waals surface area contributed by atoms with Crippen LogP contribution in [0.1, 0.15) is 51.4 Å². The molecule has 0 bridgehead atoms. The monoisotopic (exact) mass is 455 g/mol. The molecule has 0 saturated carbocycles. The zero-order chi connectivity index (χ0) is 23.7. The van der Waals surface area contributed by atoms with Gasteiger partial charge in [-0.2, -0.15) is 0 Å². The van der Waals surface area contributed by atoms with Gasteiger partial charge in [-0.1, -0.05) is 56.2 Å². The normalized spacial score (nSPS) is 10.4. The van der Waals surface area contributed by atoms with Crippen molar-refractivity contribution in [1.82, 2.24) is 5.32 Å². The topological polar surface area (TPSA) is 90.9 Å².